The van der Waals surface area contributed by atoms with E-state index in [1.165, 1.54) is 12.6 Å². The zero-order valence-corrected chi connectivity index (χ0v) is 16.3. The smallest absolute Gasteiger partial charge is 0.276 e. The molecule has 8 heteroatoms. The van der Waals surface area contributed by atoms with Crippen molar-refractivity contribution in [2.75, 3.05) is 19.6 Å². The van der Waals surface area contributed by atoms with E-state index >= 15 is 0 Å². The maximum atomic E-state index is 12.8. The fraction of sp³-hybridized carbons (Fsp3) is 0.381. The second-order valence-corrected chi connectivity index (χ2v) is 7.19. The molecule has 3 heterocycles. The Hall–Kier alpha value is -3.29. The maximum absolute atomic E-state index is 12.8. The molecule has 150 valence electrons. The number of aryl methyl sites for hydroxylation is 1. The molecule has 8 nitrogen and oxygen atoms in total. The number of nitrogens with one attached hydrogen (secondary N) is 1. The van der Waals surface area contributed by atoms with Crippen molar-refractivity contribution in [1.29, 1.82) is 0 Å². The van der Waals surface area contributed by atoms with Crippen molar-refractivity contribution in [1.82, 2.24) is 25.2 Å². The molecular formula is C21H23N5O3. The van der Waals surface area contributed by atoms with Crippen LogP contribution >= 0.6 is 0 Å². The Labute approximate surface area is 168 Å². The SMILES string of the molecule is CCc1ocnc1C(=O)N1CCCC(CNC(=O)c2cnc3ccccc3n2)C1. The predicted molar refractivity (Wildman–Crippen MR) is 106 cm³/mol. The maximum Gasteiger partial charge on any atom is 0.276 e. The molecule has 0 radical (unpaired) electrons. The van der Waals surface area contributed by atoms with Gasteiger partial charge in [0.1, 0.15) is 11.5 Å². The van der Waals surface area contributed by atoms with Crippen LogP contribution in [0.4, 0.5) is 0 Å². The Balaban J connectivity index is 1.36. The van der Waals surface area contributed by atoms with Crippen LogP contribution in [0.2, 0.25) is 0 Å². The Morgan fingerprint density at radius 2 is 2.07 bits per heavy atom. The second kappa shape index (κ2) is 8.38. The number of rotatable bonds is 5. The van der Waals surface area contributed by atoms with Crippen molar-refractivity contribution in [3.05, 3.63) is 54.0 Å². The molecule has 1 aliphatic heterocycles. The number of carbonyl (C=O) groups is 2. The monoisotopic (exact) mass is 393 g/mol. The van der Waals surface area contributed by atoms with Gasteiger partial charge in [-0.2, -0.15) is 0 Å². The van der Waals surface area contributed by atoms with E-state index in [4.69, 9.17) is 4.42 Å². The number of para-hydroxylation sites is 2. The number of hydrogen-bond acceptors (Lipinski definition) is 6. The summed E-state index contributed by atoms with van der Waals surface area (Å²) < 4.78 is 5.28. The molecule has 1 N–H and O–H groups in total. The van der Waals surface area contributed by atoms with E-state index < -0.39 is 0 Å². The van der Waals surface area contributed by atoms with Crippen LogP contribution in [-0.4, -0.2) is 51.3 Å². The first-order chi connectivity index (χ1) is 14.2. The van der Waals surface area contributed by atoms with E-state index in [-0.39, 0.29) is 17.7 Å². The van der Waals surface area contributed by atoms with Crippen molar-refractivity contribution >= 4 is 22.8 Å². The summed E-state index contributed by atoms with van der Waals surface area (Å²) in [5, 5.41) is 2.94. The third-order valence-electron chi connectivity index (χ3n) is 5.20. The highest BCUT2D eigenvalue weighted by Gasteiger charge is 2.28. The molecular weight excluding hydrogens is 370 g/mol. The number of likely N-dealkylation sites (tertiary alicyclic amines) is 1. The van der Waals surface area contributed by atoms with Gasteiger partial charge >= 0.3 is 0 Å². The fourth-order valence-corrected chi connectivity index (χ4v) is 3.66. The van der Waals surface area contributed by atoms with E-state index in [9.17, 15) is 9.59 Å². The Kier molecular flexibility index (Phi) is 5.50. The molecule has 0 saturated carbocycles. The number of nitrogens with zero attached hydrogens (tertiary/aromatic N) is 4. The highest BCUT2D eigenvalue weighted by Crippen LogP contribution is 2.19. The van der Waals surface area contributed by atoms with Gasteiger partial charge in [-0.15, -0.1) is 0 Å². The molecule has 1 aromatic carbocycles. The molecule has 1 aliphatic rings. The highest BCUT2D eigenvalue weighted by molar-refractivity contribution is 5.94. The van der Waals surface area contributed by atoms with Crippen molar-refractivity contribution in [3.8, 4) is 0 Å². The number of carbonyl (C=O) groups excluding carboxylic acids is 2. The summed E-state index contributed by atoms with van der Waals surface area (Å²) >= 11 is 0. The quantitative estimate of drug-likeness (QED) is 0.715. The average molecular weight is 393 g/mol. The van der Waals surface area contributed by atoms with Gasteiger partial charge in [-0.3, -0.25) is 14.6 Å². The summed E-state index contributed by atoms with van der Waals surface area (Å²) in [5.74, 6) is 0.436. The molecule has 3 aromatic rings. The third kappa shape index (κ3) is 4.11. The molecule has 4 rings (SSSR count). The number of hydrogen-bond donors (Lipinski definition) is 1. The van der Waals surface area contributed by atoms with Crippen LogP contribution in [-0.2, 0) is 6.42 Å². The van der Waals surface area contributed by atoms with E-state index in [1.54, 1.807) is 4.90 Å². The molecule has 1 unspecified atom stereocenters. The minimum absolute atomic E-state index is 0.105. The predicted octanol–water partition coefficient (Wildman–Crippen LogP) is 2.46. The lowest BCUT2D eigenvalue weighted by Gasteiger charge is -2.32. The molecule has 0 aliphatic carbocycles. The zero-order valence-electron chi connectivity index (χ0n) is 16.3. The Morgan fingerprint density at radius 3 is 2.90 bits per heavy atom. The molecule has 0 bridgehead atoms. The van der Waals surface area contributed by atoms with Crippen molar-refractivity contribution in [2.24, 2.45) is 5.92 Å². The van der Waals surface area contributed by atoms with Crippen LogP contribution in [0.1, 0.15) is 46.5 Å². The van der Waals surface area contributed by atoms with Gasteiger partial charge in [0.15, 0.2) is 12.1 Å². The van der Waals surface area contributed by atoms with Gasteiger partial charge in [0.25, 0.3) is 11.8 Å². The van der Waals surface area contributed by atoms with Crippen LogP contribution in [0.5, 0.6) is 0 Å². The highest BCUT2D eigenvalue weighted by atomic mass is 16.3. The van der Waals surface area contributed by atoms with Gasteiger partial charge in [0.2, 0.25) is 0 Å². The first kappa shape index (κ1) is 19.0. The van der Waals surface area contributed by atoms with Crippen molar-refractivity contribution in [2.45, 2.75) is 26.2 Å². The third-order valence-corrected chi connectivity index (χ3v) is 5.20. The summed E-state index contributed by atoms with van der Waals surface area (Å²) in [4.78, 5) is 39.8. The van der Waals surface area contributed by atoms with Gasteiger partial charge in [-0.1, -0.05) is 19.1 Å². The van der Waals surface area contributed by atoms with Gasteiger partial charge < -0.3 is 14.6 Å². The summed E-state index contributed by atoms with van der Waals surface area (Å²) in [7, 11) is 0. The lowest BCUT2D eigenvalue weighted by molar-refractivity contribution is 0.0663. The first-order valence-electron chi connectivity index (χ1n) is 9.87. The van der Waals surface area contributed by atoms with E-state index in [1.807, 2.05) is 31.2 Å². The van der Waals surface area contributed by atoms with Crippen molar-refractivity contribution in [3.63, 3.8) is 0 Å². The summed E-state index contributed by atoms with van der Waals surface area (Å²) in [6.07, 6.45) is 5.28. The van der Waals surface area contributed by atoms with E-state index in [0.29, 0.717) is 48.7 Å². The van der Waals surface area contributed by atoms with E-state index in [0.717, 1.165) is 18.4 Å². The molecule has 2 amide bonds. The van der Waals surface area contributed by atoms with E-state index in [2.05, 4.69) is 20.3 Å². The number of piperidine rings is 1. The lowest BCUT2D eigenvalue weighted by Crippen LogP contribution is -2.44. The largest absolute Gasteiger partial charge is 0.448 e. The standard InChI is InChI=1S/C21H23N5O3/c1-2-18-19(24-13-29-18)21(28)26-9-5-6-14(12-26)10-23-20(27)17-11-22-15-7-3-4-8-16(15)25-17/h3-4,7-8,11,13-14H,2,5-6,9-10,12H2,1H3,(H,23,27). The Morgan fingerprint density at radius 1 is 1.24 bits per heavy atom. The van der Waals surface area contributed by atoms with Gasteiger partial charge in [0, 0.05) is 26.1 Å². The summed E-state index contributed by atoms with van der Waals surface area (Å²) in [5.41, 5.74) is 2.13. The second-order valence-electron chi connectivity index (χ2n) is 7.19. The minimum Gasteiger partial charge on any atom is -0.448 e. The molecule has 1 atom stereocenters. The number of oxazole rings is 1. The average Bonchev–Trinajstić information content (AvgIpc) is 3.25. The van der Waals surface area contributed by atoms with Crippen LogP contribution < -0.4 is 5.32 Å². The summed E-state index contributed by atoms with van der Waals surface area (Å²) in [6, 6.07) is 7.44. The Bertz CT molecular complexity index is 1030. The molecule has 2 aromatic heterocycles. The summed E-state index contributed by atoms with van der Waals surface area (Å²) in [6.45, 7) is 3.69. The molecule has 1 saturated heterocycles. The van der Waals surface area contributed by atoms with Crippen LogP contribution in [0, 0.1) is 5.92 Å². The van der Waals surface area contributed by atoms with Crippen LogP contribution in [0.3, 0.4) is 0 Å². The van der Waals surface area contributed by atoms with Crippen LogP contribution in [0.15, 0.2) is 41.3 Å². The molecule has 29 heavy (non-hydrogen) atoms. The zero-order chi connectivity index (χ0) is 20.2. The number of amides is 2. The lowest BCUT2D eigenvalue weighted by atomic mass is 9.97. The van der Waals surface area contributed by atoms with Gasteiger partial charge in [-0.25, -0.2) is 9.97 Å². The first-order valence-corrected chi connectivity index (χ1v) is 9.87. The number of benzene rings is 1. The topological polar surface area (TPSA) is 101 Å². The molecule has 0 spiro atoms. The molecule has 1 fully saturated rings. The van der Waals surface area contributed by atoms with Gasteiger partial charge in [-0.05, 0) is 30.9 Å². The normalized spacial score (nSPS) is 16.7. The van der Waals surface area contributed by atoms with Crippen molar-refractivity contribution < 1.29 is 14.0 Å². The fourth-order valence-electron chi connectivity index (χ4n) is 3.66. The number of aromatic nitrogens is 3. The minimum atomic E-state index is -0.253. The number of fused-ring (bicyclic) bond motifs is 1. The van der Waals surface area contributed by atoms with Crippen LogP contribution in [0.25, 0.3) is 11.0 Å². The van der Waals surface area contributed by atoms with Gasteiger partial charge in [0.05, 0.1) is 17.2 Å².